The lowest BCUT2D eigenvalue weighted by Gasteiger charge is -2.02. The summed E-state index contributed by atoms with van der Waals surface area (Å²) in [5.74, 6) is 1.41. The second-order valence-electron chi connectivity index (χ2n) is 4.27. The predicted molar refractivity (Wildman–Crippen MR) is 82.6 cm³/mol. The first-order chi connectivity index (χ1) is 7.95. The third-order valence-corrected chi connectivity index (χ3v) is 1.45. The highest BCUT2D eigenvalue weighted by atomic mass is 15.3. The summed E-state index contributed by atoms with van der Waals surface area (Å²) in [7, 11) is 1.97. The summed E-state index contributed by atoms with van der Waals surface area (Å²) >= 11 is 0. The van der Waals surface area contributed by atoms with Gasteiger partial charge in [0.2, 0.25) is 0 Å². The van der Waals surface area contributed by atoms with E-state index in [0.29, 0.717) is 5.92 Å². The van der Waals surface area contributed by atoms with Crippen molar-refractivity contribution in [2.24, 2.45) is 13.0 Å². The number of nitrogens with zero attached hydrogens (tertiary/aromatic N) is 2. The molecule has 0 aromatic carbocycles. The number of hydrogen-bond donors (Lipinski definition) is 0. The van der Waals surface area contributed by atoms with Crippen molar-refractivity contribution >= 4 is 0 Å². The van der Waals surface area contributed by atoms with Crippen LogP contribution >= 0.6 is 0 Å². The summed E-state index contributed by atoms with van der Waals surface area (Å²) in [6.45, 7) is 18.8. The first-order valence-electron chi connectivity index (χ1n) is 6.93. The Kier molecular flexibility index (Phi) is 19.2. The van der Waals surface area contributed by atoms with Gasteiger partial charge in [-0.15, -0.1) is 0 Å². The molecule has 1 aromatic heterocycles. The SMILES string of the molecule is CC.CC.CC(C)C.CC(C)c1ccnn1C.[2HH]. The van der Waals surface area contributed by atoms with Gasteiger partial charge >= 0.3 is 0 Å². The number of aromatic nitrogens is 2. The van der Waals surface area contributed by atoms with E-state index in [0.717, 1.165) is 5.92 Å². The Bertz CT molecular complexity index is 227. The minimum absolute atomic E-state index is 0. The van der Waals surface area contributed by atoms with Crippen molar-refractivity contribution in [1.82, 2.24) is 9.78 Å². The average Bonchev–Trinajstić information content (AvgIpc) is 2.70. The molecular weight excluding hydrogens is 208 g/mol. The smallest absolute Gasteiger partial charge is 0.0492 e. The van der Waals surface area contributed by atoms with Gasteiger partial charge in [-0.05, 0) is 17.9 Å². The molecular formula is C15H36N2. The van der Waals surface area contributed by atoms with Crippen LogP contribution in [0.1, 0.15) is 75.4 Å². The number of rotatable bonds is 1. The topological polar surface area (TPSA) is 17.8 Å². The Morgan fingerprint density at radius 2 is 1.35 bits per heavy atom. The third-order valence-electron chi connectivity index (χ3n) is 1.45. The van der Waals surface area contributed by atoms with Gasteiger partial charge in [-0.1, -0.05) is 62.3 Å². The zero-order valence-corrected chi connectivity index (χ0v) is 13.7. The van der Waals surface area contributed by atoms with Gasteiger partial charge in [0.25, 0.3) is 0 Å². The van der Waals surface area contributed by atoms with Crippen LogP contribution in [0.25, 0.3) is 0 Å². The standard InChI is InChI=1S/C7H12N2.C4H10.2C2H6.H2/c1-6(2)7-4-5-8-9(7)3;1-4(2)3;2*1-2;/h4-6H,1-3H3;4H,1-3H3;2*1-2H3;1H/i;;;;1+1. The van der Waals surface area contributed by atoms with E-state index < -0.39 is 0 Å². The van der Waals surface area contributed by atoms with E-state index in [1.807, 2.05) is 51.7 Å². The highest BCUT2D eigenvalue weighted by Gasteiger charge is 2.00. The van der Waals surface area contributed by atoms with Gasteiger partial charge in [-0.3, -0.25) is 4.68 Å². The molecule has 0 aliphatic rings. The van der Waals surface area contributed by atoms with Gasteiger partial charge in [-0.2, -0.15) is 5.10 Å². The van der Waals surface area contributed by atoms with Crippen LogP contribution < -0.4 is 0 Å². The third kappa shape index (κ3) is 15.2. The molecule has 0 fully saturated rings. The van der Waals surface area contributed by atoms with Gasteiger partial charge in [0.15, 0.2) is 0 Å². The molecule has 17 heavy (non-hydrogen) atoms. The molecule has 1 heterocycles. The van der Waals surface area contributed by atoms with Crippen LogP contribution in [-0.2, 0) is 7.05 Å². The van der Waals surface area contributed by atoms with Gasteiger partial charge in [0.1, 0.15) is 0 Å². The summed E-state index contributed by atoms with van der Waals surface area (Å²) in [6.07, 6.45) is 1.83. The Balaban J connectivity index is -0.0000000937. The van der Waals surface area contributed by atoms with Crippen molar-refractivity contribution in [3.63, 3.8) is 0 Å². The molecule has 0 saturated heterocycles. The summed E-state index contributed by atoms with van der Waals surface area (Å²) in [5, 5.41) is 4.05. The molecule has 0 unspecified atom stereocenters. The molecule has 0 aliphatic carbocycles. The Morgan fingerprint density at radius 3 is 1.47 bits per heavy atom. The molecule has 0 amide bonds. The molecule has 0 saturated carbocycles. The highest BCUT2D eigenvalue weighted by molar-refractivity contribution is 5.04. The Morgan fingerprint density at radius 1 is 1.00 bits per heavy atom. The highest BCUT2D eigenvalue weighted by Crippen LogP contribution is 2.10. The fourth-order valence-electron chi connectivity index (χ4n) is 0.950. The fourth-order valence-corrected chi connectivity index (χ4v) is 0.950. The maximum atomic E-state index is 4.05. The predicted octanol–water partition coefficient (Wildman–Crippen LogP) is 5.50. The molecule has 0 aliphatic heterocycles. The van der Waals surface area contributed by atoms with Crippen LogP contribution in [0.2, 0.25) is 0 Å². The average molecular weight is 245 g/mol. The van der Waals surface area contributed by atoms with Crippen LogP contribution in [0.3, 0.4) is 0 Å². The Labute approximate surface area is 111 Å². The van der Waals surface area contributed by atoms with Crippen molar-refractivity contribution in [3.05, 3.63) is 18.0 Å². The van der Waals surface area contributed by atoms with Crippen LogP contribution in [0.4, 0.5) is 0 Å². The number of hydrogen-bond acceptors (Lipinski definition) is 1. The number of aryl methyl sites for hydroxylation is 1. The zero-order valence-electron chi connectivity index (χ0n) is 13.7. The molecule has 0 atom stereocenters. The second kappa shape index (κ2) is 15.2. The van der Waals surface area contributed by atoms with E-state index in [1.54, 1.807) is 0 Å². The van der Waals surface area contributed by atoms with Crippen molar-refractivity contribution in [1.29, 1.82) is 0 Å². The van der Waals surface area contributed by atoms with E-state index in [4.69, 9.17) is 0 Å². The van der Waals surface area contributed by atoms with Crippen molar-refractivity contribution in [2.45, 2.75) is 68.2 Å². The lowest BCUT2D eigenvalue weighted by Crippen LogP contribution is -1.98. The summed E-state index contributed by atoms with van der Waals surface area (Å²) in [4.78, 5) is 0. The minimum Gasteiger partial charge on any atom is -0.272 e. The maximum Gasteiger partial charge on any atom is 0.0492 e. The van der Waals surface area contributed by atoms with Gasteiger partial charge in [0.05, 0.1) is 0 Å². The van der Waals surface area contributed by atoms with Crippen LogP contribution in [0.15, 0.2) is 12.3 Å². The second-order valence-corrected chi connectivity index (χ2v) is 4.27. The molecule has 106 valence electrons. The lowest BCUT2D eigenvalue weighted by atomic mass is 10.1. The van der Waals surface area contributed by atoms with Crippen LogP contribution in [0.5, 0.6) is 0 Å². The largest absolute Gasteiger partial charge is 0.272 e. The van der Waals surface area contributed by atoms with E-state index in [9.17, 15) is 0 Å². The molecule has 1 aromatic rings. The normalized spacial score (nSPS) is 8.47. The van der Waals surface area contributed by atoms with Gasteiger partial charge in [0, 0.05) is 20.4 Å². The van der Waals surface area contributed by atoms with E-state index in [1.165, 1.54) is 5.69 Å². The quantitative estimate of drug-likeness (QED) is 0.638. The molecule has 0 bridgehead atoms. The van der Waals surface area contributed by atoms with Crippen molar-refractivity contribution < 1.29 is 1.43 Å². The van der Waals surface area contributed by atoms with E-state index >= 15 is 0 Å². The molecule has 2 heteroatoms. The van der Waals surface area contributed by atoms with Crippen LogP contribution in [-0.4, -0.2) is 9.78 Å². The minimum atomic E-state index is 0. The fraction of sp³-hybridized carbons (Fsp3) is 0.800. The molecule has 0 spiro atoms. The summed E-state index contributed by atoms with van der Waals surface area (Å²) in [6, 6.07) is 2.05. The monoisotopic (exact) mass is 245 g/mol. The zero-order chi connectivity index (χ0) is 14.4. The van der Waals surface area contributed by atoms with E-state index in [-0.39, 0.29) is 1.43 Å². The molecule has 1 rings (SSSR count). The van der Waals surface area contributed by atoms with Crippen LogP contribution in [0, 0.1) is 5.92 Å². The van der Waals surface area contributed by atoms with Crippen molar-refractivity contribution in [2.75, 3.05) is 0 Å². The molecule has 2 nitrogen and oxygen atoms in total. The van der Waals surface area contributed by atoms with E-state index in [2.05, 4.69) is 39.7 Å². The first-order valence-corrected chi connectivity index (χ1v) is 6.93. The lowest BCUT2D eigenvalue weighted by molar-refractivity contribution is 0.669. The van der Waals surface area contributed by atoms with Crippen molar-refractivity contribution in [3.8, 4) is 0 Å². The summed E-state index contributed by atoms with van der Waals surface area (Å²) in [5.41, 5.74) is 1.29. The Hall–Kier alpha value is -0.790. The molecule has 0 N–H and O–H groups in total. The van der Waals surface area contributed by atoms with Gasteiger partial charge < -0.3 is 0 Å². The molecule has 0 radical (unpaired) electrons. The van der Waals surface area contributed by atoms with Gasteiger partial charge in [-0.25, -0.2) is 0 Å². The maximum absolute atomic E-state index is 4.05. The first kappa shape index (κ1) is 21.5. The summed E-state index contributed by atoms with van der Waals surface area (Å²) < 4.78 is 1.91.